The van der Waals surface area contributed by atoms with E-state index in [1.54, 1.807) is 0 Å². The Bertz CT molecular complexity index is 884. The molecule has 0 saturated heterocycles. The van der Waals surface area contributed by atoms with E-state index in [9.17, 15) is 26.3 Å². The van der Waals surface area contributed by atoms with Gasteiger partial charge in [0.15, 0.2) is 0 Å². The van der Waals surface area contributed by atoms with Gasteiger partial charge < -0.3 is 4.74 Å². The topological polar surface area (TPSA) is 12.5 Å². The Morgan fingerprint density at radius 1 is 0.933 bits per heavy atom. The predicted molar refractivity (Wildman–Crippen MR) is 101 cm³/mol. The highest BCUT2D eigenvalue weighted by Crippen LogP contribution is 2.36. The summed E-state index contributed by atoms with van der Waals surface area (Å²) < 4.78 is 83.0. The van der Waals surface area contributed by atoms with Crippen LogP contribution in [0, 0.1) is 6.92 Å². The molecule has 0 saturated carbocycles. The van der Waals surface area contributed by atoms with E-state index in [-0.39, 0.29) is 25.0 Å². The first-order chi connectivity index (χ1) is 14.0. The van der Waals surface area contributed by atoms with Gasteiger partial charge in [-0.2, -0.15) is 26.3 Å². The second-order valence-electron chi connectivity index (χ2n) is 7.26. The largest absolute Gasteiger partial charge is 0.416 e. The van der Waals surface area contributed by atoms with Crippen molar-refractivity contribution in [2.24, 2.45) is 0 Å². The van der Waals surface area contributed by atoms with Crippen LogP contribution >= 0.6 is 0 Å². The Kier molecular flexibility index (Phi) is 6.57. The van der Waals surface area contributed by atoms with Gasteiger partial charge >= 0.3 is 12.4 Å². The maximum absolute atomic E-state index is 12.9. The summed E-state index contributed by atoms with van der Waals surface area (Å²) in [6.07, 6.45) is -6.86. The minimum Gasteiger partial charge on any atom is -0.361 e. The molecule has 1 aliphatic rings. The second-order valence-corrected chi connectivity index (χ2v) is 7.26. The van der Waals surface area contributed by atoms with Crippen LogP contribution in [0.4, 0.5) is 26.3 Å². The van der Waals surface area contributed by atoms with E-state index in [0.717, 1.165) is 6.42 Å². The Labute approximate surface area is 170 Å². The average Bonchev–Trinajstić information content (AvgIpc) is 2.67. The van der Waals surface area contributed by atoms with Gasteiger partial charge in [-0.25, -0.2) is 0 Å². The van der Waals surface area contributed by atoms with Gasteiger partial charge in [-0.3, -0.25) is 4.90 Å². The second kappa shape index (κ2) is 8.81. The fourth-order valence-electron chi connectivity index (χ4n) is 3.40. The molecule has 30 heavy (non-hydrogen) atoms. The van der Waals surface area contributed by atoms with Gasteiger partial charge in [0.05, 0.1) is 24.5 Å². The molecule has 1 heterocycles. The summed E-state index contributed by atoms with van der Waals surface area (Å²) in [5.74, 6) is 0. The van der Waals surface area contributed by atoms with E-state index < -0.39 is 23.5 Å². The van der Waals surface area contributed by atoms with Gasteiger partial charge in [0.25, 0.3) is 0 Å². The molecule has 0 bridgehead atoms. The Balaban J connectivity index is 1.61. The van der Waals surface area contributed by atoms with Crippen LogP contribution in [-0.4, -0.2) is 24.7 Å². The molecule has 8 heteroatoms. The van der Waals surface area contributed by atoms with Gasteiger partial charge in [-0.15, -0.1) is 0 Å². The first-order valence-corrected chi connectivity index (χ1v) is 9.37. The van der Waals surface area contributed by atoms with Crippen molar-refractivity contribution in [2.75, 3.05) is 19.8 Å². The molecular weight excluding hydrogens is 408 g/mol. The SMILES string of the molecule is Cc1ccccc1C1=CCN(COCc2cc(C(F)(F)F)cc(C(F)(F)F)c2)CC1. The summed E-state index contributed by atoms with van der Waals surface area (Å²) >= 11 is 0. The van der Waals surface area contributed by atoms with Gasteiger partial charge in [-0.1, -0.05) is 30.3 Å². The van der Waals surface area contributed by atoms with E-state index in [1.807, 2.05) is 30.0 Å². The molecule has 0 fully saturated rings. The van der Waals surface area contributed by atoms with Gasteiger partial charge in [0.1, 0.15) is 0 Å². The molecule has 0 N–H and O–H groups in total. The lowest BCUT2D eigenvalue weighted by atomic mass is 9.96. The molecule has 0 unspecified atom stereocenters. The molecule has 2 aromatic rings. The molecular formula is C22H21F6NO. The van der Waals surface area contributed by atoms with Crippen LogP contribution in [0.3, 0.4) is 0 Å². The standard InChI is InChI=1S/C22H21F6NO/c1-15-4-2-3-5-20(15)17-6-8-29(9-7-17)14-30-13-16-10-18(21(23,24)25)12-19(11-16)22(26,27)28/h2-6,10-12H,7-9,13-14H2,1H3. The number of hydrogen-bond acceptors (Lipinski definition) is 2. The van der Waals surface area contributed by atoms with E-state index in [0.29, 0.717) is 25.2 Å². The highest BCUT2D eigenvalue weighted by Gasteiger charge is 2.36. The highest BCUT2D eigenvalue weighted by molar-refractivity contribution is 5.69. The zero-order valence-electron chi connectivity index (χ0n) is 16.3. The molecule has 1 aliphatic heterocycles. The van der Waals surface area contributed by atoms with Gasteiger partial charge in [0, 0.05) is 13.1 Å². The molecule has 0 radical (unpaired) electrons. The number of halogens is 6. The molecule has 0 spiro atoms. The lowest BCUT2D eigenvalue weighted by molar-refractivity contribution is -0.143. The Morgan fingerprint density at radius 2 is 1.57 bits per heavy atom. The van der Waals surface area contributed by atoms with Gasteiger partial charge in [-0.05, 0) is 53.8 Å². The van der Waals surface area contributed by atoms with Crippen LogP contribution in [0.15, 0.2) is 48.5 Å². The fraction of sp³-hybridized carbons (Fsp3) is 0.364. The normalized spacial score (nSPS) is 15.9. The Morgan fingerprint density at radius 3 is 2.10 bits per heavy atom. The summed E-state index contributed by atoms with van der Waals surface area (Å²) in [5, 5.41) is 0. The van der Waals surface area contributed by atoms with E-state index in [2.05, 4.69) is 12.1 Å². The molecule has 0 atom stereocenters. The third-order valence-corrected chi connectivity index (χ3v) is 4.97. The van der Waals surface area contributed by atoms with Crippen molar-refractivity contribution in [1.82, 2.24) is 4.90 Å². The minimum atomic E-state index is -4.86. The number of nitrogens with zero attached hydrogens (tertiary/aromatic N) is 1. The summed E-state index contributed by atoms with van der Waals surface area (Å²) in [4.78, 5) is 1.94. The first-order valence-electron chi connectivity index (χ1n) is 9.37. The first kappa shape index (κ1) is 22.4. The van der Waals surface area contributed by atoms with Crippen LogP contribution in [0.2, 0.25) is 0 Å². The zero-order valence-corrected chi connectivity index (χ0v) is 16.3. The van der Waals surface area contributed by atoms with Crippen molar-refractivity contribution in [3.63, 3.8) is 0 Å². The molecule has 162 valence electrons. The lowest BCUT2D eigenvalue weighted by Crippen LogP contribution is -2.30. The molecule has 2 nitrogen and oxygen atoms in total. The maximum atomic E-state index is 12.9. The Hall–Kier alpha value is -2.32. The molecule has 0 aliphatic carbocycles. The summed E-state index contributed by atoms with van der Waals surface area (Å²) in [7, 11) is 0. The fourth-order valence-corrected chi connectivity index (χ4v) is 3.40. The lowest BCUT2D eigenvalue weighted by Gasteiger charge is -2.26. The maximum Gasteiger partial charge on any atom is 0.416 e. The van der Waals surface area contributed by atoms with Crippen LogP contribution in [0.5, 0.6) is 0 Å². The molecule has 2 aromatic carbocycles. The van der Waals surface area contributed by atoms with Crippen molar-refractivity contribution in [1.29, 1.82) is 0 Å². The predicted octanol–water partition coefficient (Wildman–Crippen LogP) is 6.30. The monoisotopic (exact) mass is 429 g/mol. The van der Waals surface area contributed by atoms with E-state index in [4.69, 9.17) is 4.74 Å². The number of rotatable bonds is 5. The van der Waals surface area contributed by atoms with Crippen molar-refractivity contribution in [2.45, 2.75) is 32.3 Å². The molecule has 0 aromatic heterocycles. The molecule has 3 rings (SSSR count). The van der Waals surface area contributed by atoms with Crippen molar-refractivity contribution < 1.29 is 31.1 Å². The number of ether oxygens (including phenoxy) is 1. The average molecular weight is 429 g/mol. The smallest absolute Gasteiger partial charge is 0.361 e. The number of benzene rings is 2. The van der Waals surface area contributed by atoms with Crippen molar-refractivity contribution >= 4 is 5.57 Å². The summed E-state index contributed by atoms with van der Waals surface area (Å²) in [5.41, 5.74) is 0.752. The number of aryl methyl sites for hydroxylation is 1. The third kappa shape index (κ3) is 5.64. The highest BCUT2D eigenvalue weighted by atomic mass is 19.4. The quantitative estimate of drug-likeness (QED) is 0.518. The van der Waals surface area contributed by atoms with E-state index in [1.165, 1.54) is 16.7 Å². The summed E-state index contributed by atoms with van der Waals surface area (Å²) in [6, 6.07) is 9.55. The van der Waals surface area contributed by atoms with Crippen LogP contribution < -0.4 is 0 Å². The molecule has 0 amide bonds. The van der Waals surface area contributed by atoms with Crippen molar-refractivity contribution in [3.05, 3.63) is 76.4 Å². The van der Waals surface area contributed by atoms with E-state index >= 15 is 0 Å². The number of hydrogen-bond donors (Lipinski definition) is 0. The van der Waals surface area contributed by atoms with Crippen molar-refractivity contribution in [3.8, 4) is 0 Å². The zero-order chi connectivity index (χ0) is 21.9. The number of alkyl halides is 6. The van der Waals surface area contributed by atoms with Gasteiger partial charge in [0.2, 0.25) is 0 Å². The van der Waals surface area contributed by atoms with Crippen LogP contribution in [0.25, 0.3) is 5.57 Å². The third-order valence-electron chi connectivity index (χ3n) is 4.97. The minimum absolute atomic E-state index is 0.117. The van der Waals surface area contributed by atoms with Crippen LogP contribution in [-0.2, 0) is 23.7 Å². The summed E-state index contributed by atoms with van der Waals surface area (Å²) in [6.45, 7) is 3.11. The van der Waals surface area contributed by atoms with Crippen LogP contribution in [0.1, 0.15) is 34.2 Å².